The van der Waals surface area contributed by atoms with E-state index in [-0.39, 0.29) is 29.2 Å². The van der Waals surface area contributed by atoms with E-state index in [0.717, 1.165) is 11.1 Å². The van der Waals surface area contributed by atoms with Crippen LogP contribution in [0.1, 0.15) is 37.9 Å². The van der Waals surface area contributed by atoms with E-state index in [4.69, 9.17) is 5.10 Å². The monoisotopic (exact) mass is 525 g/mol. The highest BCUT2D eigenvalue weighted by atomic mass is 19.1. The standard InChI is InChI=1S/C31H32FN5O2/c1-6-28(38)35-15-16-36(20(4)18-35)31-33-30(39)29(24-13-8-7-11-22(24)19(2)3)27-17-25(21(5)34-37(27)31)23-12-9-10-14-26(23)32/h6-14,17,19-20H,1,15-16,18H2,2-5H3/t20-/m0/s1. The van der Waals surface area contributed by atoms with E-state index < -0.39 is 0 Å². The summed E-state index contributed by atoms with van der Waals surface area (Å²) in [5.41, 5.74) is 4.05. The number of carbonyl (C=O) groups is 1. The van der Waals surface area contributed by atoms with Gasteiger partial charge in [0.15, 0.2) is 0 Å². The molecule has 1 saturated heterocycles. The Bertz CT molecular complexity index is 1640. The molecule has 200 valence electrons. The Morgan fingerprint density at radius 2 is 1.77 bits per heavy atom. The van der Waals surface area contributed by atoms with E-state index in [1.807, 2.05) is 49.1 Å². The Balaban J connectivity index is 1.78. The molecule has 1 atom stereocenters. The van der Waals surface area contributed by atoms with Crippen LogP contribution in [0.5, 0.6) is 0 Å². The molecule has 7 nitrogen and oxygen atoms in total. The molecular formula is C31H32FN5O2. The molecule has 2 aromatic heterocycles. The number of hydrogen-bond acceptors (Lipinski definition) is 5. The lowest BCUT2D eigenvalue weighted by atomic mass is 9.92. The fourth-order valence-corrected chi connectivity index (χ4v) is 5.40. The van der Waals surface area contributed by atoms with Crippen molar-refractivity contribution >= 4 is 17.4 Å². The number of aromatic nitrogens is 3. The molecule has 5 rings (SSSR count). The molecule has 1 amide bonds. The third-order valence-corrected chi connectivity index (χ3v) is 7.40. The van der Waals surface area contributed by atoms with Gasteiger partial charge in [0.25, 0.3) is 5.56 Å². The number of rotatable bonds is 5. The third-order valence-electron chi connectivity index (χ3n) is 7.40. The zero-order chi connectivity index (χ0) is 27.8. The molecule has 0 spiro atoms. The number of anilines is 1. The smallest absolute Gasteiger partial charge is 0.283 e. The minimum absolute atomic E-state index is 0.118. The van der Waals surface area contributed by atoms with Crippen LogP contribution in [-0.4, -0.2) is 51.1 Å². The second-order valence-electron chi connectivity index (χ2n) is 10.3. The Morgan fingerprint density at radius 1 is 1.08 bits per heavy atom. The summed E-state index contributed by atoms with van der Waals surface area (Å²) in [5, 5.41) is 4.89. The van der Waals surface area contributed by atoms with Crippen LogP contribution in [0.15, 0.2) is 72.0 Å². The molecule has 0 aliphatic carbocycles. The van der Waals surface area contributed by atoms with Gasteiger partial charge < -0.3 is 9.80 Å². The molecule has 0 saturated carbocycles. The van der Waals surface area contributed by atoms with Crippen LogP contribution in [-0.2, 0) is 4.79 Å². The number of nitrogens with zero attached hydrogens (tertiary/aromatic N) is 5. The normalized spacial score (nSPS) is 15.7. The van der Waals surface area contributed by atoms with Crippen LogP contribution < -0.4 is 10.5 Å². The fourth-order valence-electron chi connectivity index (χ4n) is 5.40. The van der Waals surface area contributed by atoms with Crippen molar-refractivity contribution in [2.45, 2.75) is 39.7 Å². The van der Waals surface area contributed by atoms with E-state index >= 15 is 0 Å². The van der Waals surface area contributed by atoms with Gasteiger partial charge in [-0.3, -0.25) is 9.59 Å². The van der Waals surface area contributed by atoms with Crippen LogP contribution in [0.4, 0.5) is 10.3 Å². The summed E-state index contributed by atoms with van der Waals surface area (Å²) < 4.78 is 16.6. The van der Waals surface area contributed by atoms with Crippen LogP contribution in [0.25, 0.3) is 27.8 Å². The Morgan fingerprint density at radius 3 is 2.44 bits per heavy atom. The molecule has 0 bridgehead atoms. The van der Waals surface area contributed by atoms with Crippen molar-refractivity contribution < 1.29 is 9.18 Å². The lowest BCUT2D eigenvalue weighted by Gasteiger charge is -2.40. The van der Waals surface area contributed by atoms with Gasteiger partial charge in [-0.15, -0.1) is 0 Å². The Hall–Kier alpha value is -4.33. The van der Waals surface area contributed by atoms with Crippen molar-refractivity contribution in [3.8, 4) is 22.3 Å². The first-order valence-corrected chi connectivity index (χ1v) is 13.2. The molecule has 2 aromatic carbocycles. The molecule has 1 aliphatic heterocycles. The van der Waals surface area contributed by atoms with E-state index in [1.54, 1.807) is 27.6 Å². The molecule has 8 heteroatoms. The first kappa shape index (κ1) is 26.3. The third kappa shape index (κ3) is 4.71. The largest absolute Gasteiger partial charge is 0.335 e. The highest BCUT2D eigenvalue weighted by molar-refractivity contribution is 5.87. The SMILES string of the molecule is C=CC(=O)N1CCN(c2nc(=O)c(-c3ccccc3C(C)C)c3cc(-c4ccccc4F)c(C)nn23)[C@@H](C)C1. The van der Waals surface area contributed by atoms with Crippen molar-refractivity contribution in [3.05, 3.63) is 94.7 Å². The number of halogens is 1. The summed E-state index contributed by atoms with van der Waals surface area (Å²) >= 11 is 0. The van der Waals surface area contributed by atoms with Gasteiger partial charge in [-0.05, 0) is 49.1 Å². The van der Waals surface area contributed by atoms with Crippen molar-refractivity contribution in [3.63, 3.8) is 0 Å². The van der Waals surface area contributed by atoms with Gasteiger partial charge in [0, 0.05) is 36.8 Å². The first-order chi connectivity index (χ1) is 18.7. The second-order valence-corrected chi connectivity index (χ2v) is 10.3. The minimum atomic E-state index is -0.375. The summed E-state index contributed by atoms with van der Waals surface area (Å²) in [6.45, 7) is 13.0. The fraction of sp³-hybridized carbons (Fsp3) is 0.290. The quantitative estimate of drug-likeness (QED) is 0.334. The molecule has 1 aliphatic rings. The summed E-state index contributed by atoms with van der Waals surface area (Å²) in [7, 11) is 0. The average Bonchev–Trinajstić information content (AvgIpc) is 2.92. The topological polar surface area (TPSA) is 70.8 Å². The number of aryl methyl sites for hydroxylation is 1. The zero-order valence-electron chi connectivity index (χ0n) is 22.7. The lowest BCUT2D eigenvalue weighted by molar-refractivity contribution is -0.126. The van der Waals surface area contributed by atoms with Crippen molar-refractivity contribution in [2.24, 2.45) is 0 Å². The summed E-state index contributed by atoms with van der Waals surface area (Å²) in [4.78, 5) is 34.4. The maximum absolute atomic E-state index is 14.9. The van der Waals surface area contributed by atoms with Crippen LogP contribution in [0.3, 0.4) is 0 Å². The highest BCUT2D eigenvalue weighted by Gasteiger charge is 2.30. The van der Waals surface area contributed by atoms with Crippen LogP contribution in [0.2, 0.25) is 0 Å². The first-order valence-electron chi connectivity index (χ1n) is 13.2. The number of fused-ring (bicyclic) bond motifs is 1. The predicted octanol–water partition coefficient (Wildman–Crippen LogP) is 5.22. The van der Waals surface area contributed by atoms with E-state index in [2.05, 4.69) is 25.4 Å². The highest BCUT2D eigenvalue weighted by Crippen LogP contribution is 2.34. The average molecular weight is 526 g/mol. The predicted molar refractivity (Wildman–Crippen MR) is 152 cm³/mol. The van der Waals surface area contributed by atoms with Crippen molar-refractivity contribution in [2.75, 3.05) is 24.5 Å². The van der Waals surface area contributed by atoms with E-state index in [9.17, 15) is 14.0 Å². The number of amides is 1. The number of carbonyl (C=O) groups excluding carboxylic acids is 1. The lowest BCUT2D eigenvalue weighted by Crippen LogP contribution is -2.54. The molecule has 39 heavy (non-hydrogen) atoms. The second kappa shape index (κ2) is 10.4. The zero-order valence-corrected chi connectivity index (χ0v) is 22.7. The van der Waals surface area contributed by atoms with Gasteiger partial charge in [0.1, 0.15) is 5.82 Å². The van der Waals surface area contributed by atoms with Crippen LogP contribution >= 0.6 is 0 Å². The summed E-state index contributed by atoms with van der Waals surface area (Å²) in [6, 6.07) is 16.1. The molecule has 0 N–H and O–H groups in total. The molecule has 0 unspecified atom stereocenters. The molecule has 0 radical (unpaired) electrons. The molecule has 3 heterocycles. The maximum atomic E-state index is 14.9. The van der Waals surface area contributed by atoms with Gasteiger partial charge in [0.2, 0.25) is 11.9 Å². The summed E-state index contributed by atoms with van der Waals surface area (Å²) in [6.07, 6.45) is 1.32. The van der Waals surface area contributed by atoms with Crippen molar-refractivity contribution in [1.82, 2.24) is 19.5 Å². The van der Waals surface area contributed by atoms with E-state index in [0.29, 0.717) is 53.5 Å². The van der Waals surface area contributed by atoms with Gasteiger partial charge in [-0.2, -0.15) is 14.6 Å². The van der Waals surface area contributed by atoms with Crippen molar-refractivity contribution in [1.29, 1.82) is 0 Å². The maximum Gasteiger partial charge on any atom is 0.283 e. The van der Waals surface area contributed by atoms with Gasteiger partial charge in [-0.25, -0.2) is 4.39 Å². The number of piperazine rings is 1. The van der Waals surface area contributed by atoms with Gasteiger partial charge >= 0.3 is 0 Å². The van der Waals surface area contributed by atoms with Crippen LogP contribution in [0, 0.1) is 12.7 Å². The number of benzene rings is 2. The number of hydrogen-bond donors (Lipinski definition) is 0. The van der Waals surface area contributed by atoms with Gasteiger partial charge in [-0.1, -0.05) is 62.9 Å². The summed E-state index contributed by atoms with van der Waals surface area (Å²) in [5.74, 6) is 0.0900. The van der Waals surface area contributed by atoms with E-state index in [1.165, 1.54) is 12.1 Å². The molecule has 1 fully saturated rings. The van der Waals surface area contributed by atoms with Gasteiger partial charge in [0.05, 0.1) is 16.8 Å². The molecule has 4 aromatic rings. The minimum Gasteiger partial charge on any atom is -0.335 e. The Labute approximate surface area is 227 Å². The molecular weight excluding hydrogens is 493 g/mol. The Kier molecular flexibility index (Phi) is 7.04.